The van der Waals surface area contributed by atoms with Crippen LogP contribution in [-0.2, 0) is 17.6 Å². The van der Waals surface area contributed by atoms with Crippen molar-refractivity contribution in [2.75, 3.05) is 6.54 Å². The van der Waals surface area contributed by atoms with Crippen LogP contribution in [0.1, 0.15) is 55.0 Å². The minimum Gasteiger partial charge on any atom is -0.334 e. The zero-order valence-electron chi connectivity index (χ0n) is 15.4. The lowest BCUT2D eigenvalue weighted by atomic mass is 9.98. The van der Waals surface area contributed by atoms with Gasteiger partial charge in [0, 0.05) is 24.4 Å². The molecule has 3 aromatic heterocycles. The Labute approximate surface area is 155 Å². The number of aryl methyl sites for hydroxylation is 2. The van der Waals surface area contributed by atoms with Gasteiger partial charge in [0.25, 0.3) is 5.56 Å². The number of piperidine rings is 1. The van der Waals surface area contributed by atoms with Gasteiger partial charge in [-0.1, -0.05) is 17.2 Å². The Morgan fingerprint density at radius 2 is 2.19 bits per heavy atom. The highest BCUT2D eigenvalue weighted by molar-refractivity contribution is 5.79. The fraction of sp³-hybridized carbons (Fsp3) is 0.500. The first kappa shape index (κ1) is 17.4. The number of H-pyrrole nitrogens is 1. The van der Waals surface area contributed by atoms with Crippen LogP contribution >= 0.6 is 0 Å². The maximum Gasteiger partial charge on any atom is 0.272 e. The highest BCUT2D eigenvalue weighted by atomic mass is 16.6. The van der Waals surface area contributed by atoms with E-state index in [1.807, 2.05) is 17.9 Å². The lowest BCUT2D eigenvalue weighted by molar-refractivity contribution is -0.134. The van der Waals surface area contributed by atoms with Gasteiger partial charge in [-0.15, -0.1) is 0 Å². The maximum absolute atomic E-state index is 12.9. The van der Waals surface area contributed by atoms with Crippen LogP contribution in [0.25, 0.3) is 5.65 Å². The number of nitrogens with one attached hydrogen (secondary N) is 1. The van der Waals surface area contributed by atoms with E-state index in [9.17, 15) is 9.59 Å². The van der Waals surface area contributed by atoms with Crippen molar-refractivity contribution in [2.24, 2.45) is 0 Å². The molecule has 1 aliphatic heterocycles. The molecule has 3 aromatic rings. The largest absolute Gasteiger partial charge is 0.334 e. The predicted octanol–water partition coefficient (Wildman–Crippen LogP) is 1.57. The molecule has 27 heavy (non-hydrogen) atoms. The van der Waals surface area contributed by atoms with Crippen molar-refractivity contribution in [3.05, 3.63) is 45.3 Å². The molecule has 0 aliphatic carbocycles. The summed E-state index contributed by atoms with van der Waals surface area (Å²) in [6, 6.07) is 3.30. The third-order valence-electron chi connectivity index (χ3n) is 5.13. The average molecular weight is 370 g/mol. The smallest absolute Gasteiger partial charge is 0.272 e. The number of likely N-dealkylation sites (tertiary alicyclic amines) is 1. The zero-order chi connectivity index (χ0) is 19.0. The molecule has 0 bridgehead atoms. The number of rotatable bonds is 4. The van der Waals surface area contributed by atoms with E-state index in [0.29, 0.717) is 30.0 Å². The van der Waals surface area contributed by atoms with Crippen LogP contribution in [0.3, 0.4) is 0 Å². The number of hydrogen-bond donors (Lipinski definition) is 1. The number of aromatic nitrogens is 5. The van der Waals surface area contributed by atoms with Crippen molar-refractivity contribution >= 4 is 11.6 Å². The number of fused-ring (bicyclic) bond motifs is 1. The standard InChI is InChI=1S/C18H22N6O3/c1-3-12-8-18(26)24-16(19-12)9-14(20-24)15-6-4-5-7-23(15)17(25)10-13-11(2)21-27-22-13/h8-9,15,20H,3-7,10H2,1-2H3/t15-/m0/s1. The van der Waals surface area contributed by atoms with E-state index in [0.717, 1.165) is 30.7 Å². The Balaban J connectivity index is 1.65. The second-order valence-electron chi connectivity index (χ2n) is 6.92. The first-order valence-electron chi connectivity index (χ1n) is 9.26. The zero-order valence-corrected chi connectivity index (χ0v) is 15.4. The minimum atomic E-state index is -0.138. The summed E-state index contributed by atoms with van der Waals surface area (Å²) in [5.41, 5.74) is 3.23. The molecule has 1 aliphatic rings. The summed E-state index contributed by atoms with van der Waals surface area (Å²) in [6.07, 6.45) is 3.67. The fourth-order valence-electron chi connectivity index (χ4n) is 3.62. The van der Waals surface area contributed by atoms with Gasteiger partial charge >= 0.3 is 0 Å². The molecule has 142 valence electrons. The van der Waals surface area contributed by atoms with Crippen molar-refractivity contribution < 1.29 is 9.42 Å². The Morgan fingerprint density at radius 3 is 2.93 bits per heavy atom. The van der Waals surface area contributed by atoms with E-state index < -0.39 is 0 Å². The third kappa shape index (κ3) is 3.24. The Hall–Kier alpha value is -2.97. The highest BCUT2D eigenvalue weighted by Crippen LogP contribution is 2.31. The second kappa shape index (κ2) is 6.98. The van der Waals surface area contributed by atoms with Gasteiger partial charge in [0.15, 0.2) is 5.65 Å². The normalized spacial score (nSPS) is 17.6. The second-order valence-corrected chi connectivity index (χ2v) is 6.92. The van der Waals surface area contributed by atoms with E-state index >= 15 is 0 Å². The average Bonchev–Trinajstić information content (AvgIpc) is 3.28. The quantitative estimate of drug-likeness (QED) is 0.747. The number of carbonyl (C=O) groups is 1. The molecule has 0 radical (unpaired) electrons. The molecule has 0 spiro atoms. The SMILES string of the molecule is CCc1cc(=O)n2[nH]c([C@@H]3CCCCN3C(=O)Cc3nonc3C)cc2n1. The number of amides is 1. The van der Waals surface area contributed by atoms with Crippen LogP contribution in [0.5, 0.6) is 0 Å². The number of carbonyl (C=O) groups excluding carboxylic acids is 1. The van der Waals surface area contributed by atoms with E-state index in [4.69, 9.17) is 4.63 Å². The van der Waals surface area contributed by atoms with Gasteiger partial charge in [0.2, 0.25) is 5.91 Å². The number of hydrogen-bond acceptors (Lipinski definition) is 6. The van der Waals surface area contributed by atoms with Crippen molar-refractivity contribution in [3.63, 3.8) is 0 Å². The fourth-order valence-corrected chi connectivity index (χ4v) is 3.62. The van der Waals surface area contributed by atoms with Crippen molar-refractivity contribution in [1.82, 2.24) is 29.8 Å². The molecule has 4 heterocycles. The van der Waals surface area contributed by atoms with Crippen LogP contribution in [-0.4, -0.2) is 42.3 Å². The Bertz CT molecular complexity index is 1030. The lowest BCUT2D eigenvalue weighted by Crippen LogP contribution is -2.39. The molecule has 9 heteroatoms. The molecular weight excluding hydrogens is 348 g/mol. The minimum absolute atomic E-state index is 0.0216. The number of nitrogens with zero attached hydrogens (tertiary/aromatic N) is 5. The molecule has 9 nitrogen and oxygen atoms in total. The Morgan fingerprint density at radius 1 is 1.33 bits per heavy atom. The maximum atomic E-state index is 12.9. The van der Waals surface area contributed by atoms with Gasteiger partial charge in [0.1, 0.15) is 11.4 Å². The van der Waals surface area contributed by atoms with Crippen LogP contribution in [0.15, 0.2) is 21.6 Å². The summed E-state index contributed by atoms with van der Waals surface area (Å²) in [6.45, 7) is 4.41. The molecule has 4 rings (SSSR count). The molecule has 1 fully saturated rings. The highest BCUT2D eigenvalue weighted by Gasteiger charge is 2.30. The topological polar surface area (TPSA) is 109 Å². The summed E-state index contributed by atoms with van der Waals surface area (Å²) in [5.74, 6) is -0.0216. The number of aromatic amines is 1. The van der Waals surface area contributed by atoms with Crippen LogP contribution in [0.4, 0.5) is 0 Å². The van der Waals surface area contributed by atoms with E-state index in [-0.39, 0.29) is 23.9 Å². The van der Waals surface area contributed by atoms with Gasteiger partial charge in [0.05, 0.1) is 18.2 Å². The summed E-state index contributed by atoms with van der Waals surface area (Å²) < 4.78 is 6.14. The summed E-state index contributed by atoms with van der Waals surface area (Å²) in [5, 5.41) is 10.7. The Kier molecular flexibility index (Phi) is 4.51. The molecule has 1 N–H and O–H groups in total. The molecule has 1 saturated heterocycles. The molecule has 1 atom stereocenters. The first-order valence-corrected chi connectivity index (χ1v) is 9.26. The monoisotopic (exact) mass is 370 g/mol. The van der Waals surface area contributed by atoms with Crippen molar-refractivity contribution in [1.29, 1.82) is 0 Å². The summed E-state index contributed by atoms with van der Waals surface area (Å²) in [7, 11) is 0. The van der Waals surface area contributed by atoms with Gasteiger partial charge in [-0.3, -0.25) is 14.7 Å². The van der Waals surface area contributed by atoms with Gasteiger partial charge in [-0.05, 0) is 32.6 Å². The molecule has 0 unspecified atom stereocenters. The van der Waals surface area contributed by atoms with E-state index in [2.05, 4.69) is 20.4 Å². The lowest BCUT2D eigenvalue weighted by Gasteiger charge is -2.35. The summed E-state index contributed by atoms with van der Waals surface area (Å²) >= 11 is 0. The van der Waals surface area contributed by atoms with Crippen LogP contribution in [0.2, 0.25) is 0 Å². The molecule has 0 saturated carbocycles. The predicted molar refractivity (Wildman–Crippen MR) is 96.2 cm³/mol. The van der Waals surface area contributed by atoms with E-state index in [1.165, 1.54) is 10.6 Å². The first-order chi connectivity index (χ1) is 13.1. The van der Waals surface area contributed by atoms with E-state index in [1.54, 1.807) is 6.92 Å². The molecule has 1 amide bonds. The van der Waals surface area contributed by atoms with Gasteiger partial charge in [-0.2, -0.15) is 0 Å². The van der Waals surface area contributed by atoms with Gasteiger partial charge < -0.3 is 4.90 Å². The molecule has 0 aromatic carbocycles. The van der Waals surface area contributed by atoms with Crippen molar-refractivity contribution in [3.8, 4) is 0 Å². The van der Waals surface area contributed by atoms with Gasteiger partial charge in [-0.25, -0.2) is 14.1 Å². The van der Waals surface area contributed by atoms with Crippen molar-refractivity contribution in [2.45, 2.75) is 52.0 Å². The summed E-state index contributed by atoms with van der Waals surface area (Å²) in [4.78, 5) is 31.6. The molecular formula is C18H22N6O3. The van der Waals surface area contributed by atoms with Crippen LogP contribution in [0, 0.1) is 6.92 Å². The third-order valence-corrected chi connectivity index (χ3v) is 5.13. The van der Waals surface area contributed by atoms with Crippen LogP contribution < -0.4 is 5.56 Å².